The number of guanidine groups is 1. The summed E-state index contributed by atoms with van der Waals surface area (Å²) in [5.74, 6) is 1.35. The zero-order chi connectivity index (χ0) is 18.4. The van der Waals surface area contributed by atoms with Crippen LogP contribution in [0.2, 0.25) is 0 Å². The minimum absolute atomic E-state index is 0.108. The van der Waals surface area contributed by atoms with Crippen LogP contribution in [0.1, 0.15) is 47.5 Å². The van der Waals surface area contributed by atoms with E-state index in [9.17, 15) is 8.42 Å². The van der Waals surface area contributed by atoms with Crippen molar-refractivity contribution in [3.8, 4) is 0 Å². The Kier molecular flexibility index (Phi) is 13.0. The summed E-state index contributed by atoms with van der Waals surface area (Å²) in [6.07, 6.45) is 1.84. The van der Waals surface area contributed by atoms with E-state index in [2.05, 4.69) is 34.2 Å². The Morgan fingerprint density at radius 3 is 2.38 bits per heavy atom. The van der Waals surface area contributed by atoms with Crippen molar-refractivity contribution in [1.29, 1.82) is 0 Å². The summed E-state index contributed by atoms with van der Waals surface area (Å²) >= 11 is 0. The van der Waals surface area contributed by atoms with Crippen LogP contribution in [0.5, 0.6) is 0 Å². The Balaban J connectivity index is 4.19. The van der Waals surface area contributed by atoms with E-state index < -0.39 is 10.0 Å². The molecule has 0 saturated carbocycles. The quantitative estimate of drug-likeness (QED) is 0.260. The Morgan fingerprint density at radius 2 is 1.83 bits per heavy atom. The molecule has 0 aromatic rings. The number of ether oxygens (including phenoxy) is 1. The summed E-state index contributed by atoms with van der Waals surface area (Å²) in [7, 11) is -3.11. The first-order valence-corrected chi connectivity index (χ1v) is 10.6. The van der Waals surface area contributed by atoms with E-state index >= 15 is 0 Å². The van der Waals surface area contributed by atoms with Gasteiger partial charge in [-0.25, -0.2) is 13.1 Å². The van der Waals surface area contributed by atoms with Crippen LogP contribution < -0.4 is 15.4 Å². The van der Waals surface area contributed by atoms with Gasteiger partial charge >= 0.3 is 0 Å². The number of aliphatic imine (C=N–C) groups is 1. The van der Waals surface area contributed by atoms with Crippen molar-refractivity contribution < 1.29 is 13.2 Å². The van der Waals surface area contributed by atoms with Crippen LogP contribution in [-0.2, 0) is 14.8 Å². The van der Waals surface area contributed by atoms with E-state index in [1.165, 1.54) is 0 Å². The minimum Gasteiger partial charge on any atom is -0.378 e. The van der Waals surface area contributed by atoms with Crippen LogP contribution in [-0.4, -0.2) is 59.0 Å². The Bertz CT molecular complexity index is 439. The maximum absolute atomic E-state index is 11.3. The number of rotatable bonds is 13. The van der Waals surface area contributed by atoms with Gasteiger partial charge in [0.05, 0.1) is 11.9 Å². The van der Waals surface area contributed by atoms with Gasteiger partial charge < -0.3 is 15.4 Å². The molecule has 1 atom stereocenters. The van der Waals surface area contributed by atoms with E-state index in [1.807, 2.05) is 13.8 Å². The van der Waals surface area contributed by atoms with Crippen LogP contribution in [0.15, 0.2) is 4.99 Å². The molecule has 0 aliphatic heterocycles. The first kappa shape index (κ1) is 23.1. The number of nitrogens with zero attached hydrogens (tertiary/aromatic N) is 1. The summed E-state index contributed by atoms with van der Waals surface area (Å²) in [6.45, 7) is 13.3. The number of nitrogens with one attached hydrogen (secondary N) is 3. The van der Waals surface area contributed by atoms with Gasteiger partial charge in [0.1, 0.15) is 0 Å². The van der Waals surface area contributed by atoms with Crippen LogP contribution in [0.3, 0.4) is 0 Å². The predicted octanol–water partition coefficient (Wildman–Crippen LogP) is 1.32. The van der Waals surface area contributed by atoms with E-state index in [1.54, 1.807) is 6.92 Å². The highest BCUT2D eigenvalue weighted by molar-refractivity contribution is 7.89. The largest absolute Gasteiger partial charge is 0.378 e. The molecule has 24 heavy (non-hydrogen) atoms. The van der Waals surface area contributed by atoms with E-state index in [0.29, 0.717) is 25.4 Å². The summed E-state index contributed by atoms with van der Waals surface area (Å²) in [4.78, 5) is 4.47. The highest BCUT2D eigenvalue weighted by atomic mass is 32.2. The van der Waals surface area contributed by atoms with E-state index in [-0.39, 0.29) is 11.9 Å². The molecule has 0 aliphatic rings. The zero-order valence-electron chi connectivity index (χ0n) is 15.9. The maximum Gasteiger partial charge on any atom is 0.211 e. The summed E-state index contributed by atoms with van der Waals surface area (Å²) in [5.41, 5.74) is 0. The molecule has 7 nitrogen and oxygen atoms in total. The van der Waals surface area contributed by atoms with Crippen molar-refractivity contribution >= 4 is 16.0 Å². The highest BCUT2D eigenvalue weighted by Gasteiger charge is 2.12. The van der Waals surface area contributed by atoms with Crippen molar-refractivity contribution in [2.75, 3.05) is 38.5 Å². The zero-order valence-corrected chi connectivity index (χ0v) is 16.7. The van der Waals surface area contributed by atoms with Gasteiger partial charge in [0.15, 0.2) is 5.96 Å². The second-order valence-corrected chi connectivity index (χ2v) is 7.96. The summed E-state index contributed by atoms with van der Waals surface area (Å²) in [6, 6.07) is 0. The molecular weight excluding hydrogens is 328 g/mol. The fourth-order valence-corrected chi connectivity index (χ4v) is 2.76. The maximum atomic E-state index is 11.3. The van der Waals surface area contributed by atoms with E-state index in [0.717, 1.165) is 32.1 Å². The first-order chi connectivity index (χ1) is 11.4. The van der Waals surface area contributed by atoms with Crippen molar-refractivity contribution in [3.63, 3.8) is 0 Å². The smallest absolute Gasteiger partial charge is 0.211 e. The monoisotopic (exact) mass is 364 g/mol. The average molecular weight is 365 g/mol. The third kappa shape index (κ3) is 11.6. The third-order valence-electron chi connectivity index (χ3n) is 3.50. The molecule has 0 spiro atoms. The molecular formula is C16H36N4O3S. The van der Waals surface area contributed by atoms with Crippen LogP contribution in [0, 0.1) is 5.92 Å². The molecule has 0 radical (unpaired) electrons. The number of sulfonamides is 1. The lowest BCUT2D eigenvalue weighted by Gasteiger charge is -2.21. The molecule has 0 heterocycles. The molecule has 0 fully saturated rings. The molecule has 0 bridgehead atoms. The molecule has 1 unspecified atom stereocenters. The Morgan fingerprint density at radius 1 is 1.12 bits per heavy atom. The third-order valence-corrected chi connectivity index (χ3v) is 4.90. The van der Waals surface area contributed by atoms with Gasteiger partial charge in [-0.15, -0.1) is 0 Å². The number of hydrogen-bond donors (Lipinski definition) is 3. The van der Waals surface area contributed by atoms with Gasteiger partial charge in [0, 0.05) is 32.8 Å². The average Bonchev–Trinajstić information content (AvgIpc) is 2.53. The number of hydrogen-bond acceptors (Lipinski definition) is 4. The molecule has 0 rings (SSSR count). The van der Waals surface area contributed by atoms with Crippen LogP contribution in [0.25, 0.3) is 0 Å². The molecule has 0 aromatic heterocycles. The van der Waals surface area contributed by atoms with Crippen molar-refractivity contribution in [2.45, 2.75) is 53.6 Å². The Hall–Kier alpha value is -0.860. The molecule has 0 aromatic carbocycles. The topological polar surface area (TPSA) is 91.8 Å². The molecule has 144 valence electrons. The molecule has 8 heteroatoms. The van der Waals surface area contributed by atoms with Crippen LogP contribution >= 0.6 is 0 Å². The highest BCUT2D eigenvalue weighted by Crippen LogP contribution is 2.09. The normalized spacial score (nSPS) is 14.0. The van der Waals surface area contributed by atoms with Gasteiger partial charge in [0.25, 0.3) is 0 Å². The SMILES string of the molecule is CCNC(=NCCCNS(=O)(=O)CC)NCCC(OCC)C(C)C. The van der Waals surface area contributed by atoms with Gasteiger partial charge in [-0.1, -0.05) is 13.8 Å². The molecule has 0 saturated heterocycles. The van der Waals surface area contributed by atoms with Crippen LogP contribution in [0.4, 0.5) is 0 Å². The molecule has 0 amide bonds. The van der Waals surface area contributed by atoms with Gasteiger partial charge in [0.2, 0.25) is 10.0 Å². The minimum atomic E-state index is -3.11. The summed E-state index contributed by atoms with van der Waals surface area (Å²) < 4.78 is 30.9. The van der Waals surface area contributed by atoms with Crippen molar-refractivity contribution in [1.82, 2.24) is 15.4 Å². The second kappa shape index (κ2) is 13.4. The lowest BCUT2D eigenvalue weighted by Crippen LogP contribution is -2.39. The molecule has 0 aliphatic carbocycles. The van der Waals surface area contributed by atoms with Crippen molar-refractivity contribution in [3.05, 3.63) is 0 Å². The standard InChI is InChI=1S/C16H36N4O3S/c1-6-17-16(18-11-9-12-20-24(21,22)8-3)19-13-10-15(14(4)5)23-7-2/h14-15,20H,6-13H2,1-5H3,(H2,17,18,19). The second-order valence-electron chi connectivity index (χ2n) is 5.87. The van der Waals surface area contributed by atoms with Gasteiger partial charge in [-0.05, 0) is 39.5 Å². The first-order valence-electron chi connectivity index (χ1n) is 8.97. The molecule has 3 N–H and O–H groups in total. The van der Waals surface area contributed by atoms with Gasteiger partial charge in [-0.2, -0.15) is 0 Å². The van der Waals surface area contributed by atoms with Gasteiger partial charge in [-0.3, -0.25) is 4.99 Å². The van der Waals surface area contributed by atoms with E-state index in [4.69, 9.17) is 4.74 Å². The fraction of sp³-hybridized carbons (Fsp3) is 0.938. The lowest BCUT2D eigenvalue weighted by molar-refractivity contribution is 0.0258. The predicted molar refractivity (Wildman–Crippen MR) is 101 cm³/mol. The lowest BCUT2D eigenvalue weighted by atomic mass is 10.0. The van der Waals surface area contributed by atoms with Crippen molar-refractivity contribution in [2.24, 2.45) is 10.9 Å². The fourth-order valence-electron chi connectivity index (χ4n) is 2.10. The Labute approximate surface area is 148 Å². The summed E-state index contributed by atoms with van der Waals surface area (Å²) in [5, 5.41) is 6.50.